The number of fused-ring (bicyclic) bond motifs is 1. The zero-order valence-corrected chi connectivity index (χ0v) is 17.9. The van der Waals surface area contributed by atoms with E-state index in [0.29, 0.717) is 11.3 Å². The van der Waals surface area contributed by atoms with E-state index in [0.717, 1.165) is 41.1 Å². The molecule has 7 heteroatoms. The van der Waals surface area contributed by atoms with Gasteiger partial charge in [0.2, 0.25) is 0 Å². The number of benzene rings is 1. The lowest BCUT2D eigenvalue weighted by Gasteiger charge is -2.31. The highest BCUT2D eigenvalue weighted by Crippen LogP contribution is 2.24. The number of thioether (sulfide) groups is 1. The Bertz CT molecular complexity index is 984. The molecular weight excluding hydrogens is 390 g/mol. The smallest absolute Gasteiger partial charge is 0.267 e. The van der Waals surface area contributed by atoms with Gasteiger partial charge in [0.25, 0.3) is 5.56 Å². The number of morpholine rings is 1. The number of aromatic nitrogens is 2. The van der Waals surface area contributed by atoms with Gasteiger partial charge in [-0.3, -0.25) is 9.36 Å². The maximum atomic E-state index is 13.1. The van der Waals surface area contributed by atoms with Crippen LogP contribution in [-0.2, 0) is 4.74 Å². The summed E-state index contributed by atoms with van der Waals surface area (Å²) in [4.78, 5) is 20.3. The van der Waals surface area contributed by atoms with Gasteiger partial charge in [0, 0.05) is 11.7 Å². The van der Waals surface area contributed by atoms with Crippen LogP contribution in [0.4, 0.5) is 0 Å². The standard InChI is InChI=1S/C21H25N3O2S2/c1-15(2)12-23-9-10-26-17(13-23)14-28-21-22-19-18(8-11-27-19)20(25)24(21)16-6-4-3-5-7-16/h3-8,11,15,17H,9-10,12-14H2,1-2H3/p+1/t17-/m1/s1. The van der Waals surface area contributed by atoms with Crippen molar-refractivity contribution < 1.29 is 9.64 Å². The molecule has 1 N–H and O–H groups in total. The number of rotatable bonds is 6. The number of hydrogen-bond donors (Lipinski definition) is 1. The number of ether oxygens (including phenoxy) is 1. The predicted octanol–water partition coefficient (Wildman–Crippen LogP) is 2.48. The van der Waals surface area contributed by atoms with Gasteiger partial charge in [-0.1, -0.05) is 43.8 Å². The average Bonchev–Trinajstić information content (AvgIpc) is 3.16. The molecule has 0 saturated carbocycles. The van der Waals surface area contributed by atoms with E-state index in [1.807, 2.05) is 41.8 Å². The molecule has 28 heavy (non-hydrogen) atoms. The third-order valence-corrected chi connectivity index (χ3v) is 6.78. The molecule has 0 aliphatic carbocycles. The molecule has 5 nitrogen and oxygen atoms in total. The van der Waals surface area contributed by atoms with E-state index in [2.05, 4.69) is 13.8 Å². The zero-order chi connectivity index (χ0) is 19.5. The van der Waals surface area contributed by atoms with Crippen LogP contribution < -0.4 is 10.5 Å². The summed E-state index contributed by atoms with van der Waals surface area (Å²) < 4.78 is 7.74. The highest BCUT2D eigenvalue weighted by Gasteiger charge is 2.25. The third-order valence-electron chi connectivity index (χ3n) is 4.90. The van der Waals surface area contributed by atoms with Gasteiger partial charge >= 0.3 is 0 Å². The second kappa shape index (κ2) is 8.78. The van der Waals surface area contributed by atoms with Crippen LogP contribution in [0.1, 0.15) is 13.8 Å². The normalized spacial score (nSPS) is 20.1. The lowest BCUT2D eigenvalue weighted by molar-refractivity contribution is -0.914. The highest BCUT2D eigenvalue weighted by atomic mass is 32.2. The Morgan fingerprint density at radius 1 is 1.32 bits per heavy atom. The second-order valence-corrected chi connectivity index (χ2v) is 9.50. The van der Waals surface area contributed by atoms with Gasteiger partial charge in [0.1, 0.15) is 24.0 Å². The summed E-state index contributed by atoms with van der Waals surface area (Å²) in [6, 6.07) is 11.6. The van der Waals surface area contributed by atoms with Crippen molar-refractivity contribution in [2.45, 2.75) is 25.1 Å². The minimum atomic E-state index is -0.00317. The molecule has 0 amide bonds. The minimum absolute atomic E-state index is 0.00317. The maximum absolute atomic E-state index is 13.1. The molecule has 2 atom stereocenters. The molecule has 2 aromatic heterocycles. The molecule has 1 aromatic carbocycles. The summed E-state index contributed by atoms with van der Waals surface area (Å²) >= 11 is 3.14. The van der Waals surface area contributed by atoms with Crippen molar-refractivity contribution in [3.63, 3.8) is 0 Å². The van der Waals surface area contributed by atoms with Crippen LogP contribution in [0, 0.1) is 5.92 Å². The topological polar surface area (TPSA) is 48.6 Å². The fraction of sp³-hybridized carbons (Fsp3) is 0.429. The highest BCUT2D eigenvalue weighted by molar-refractivity contribution is 7.99. The van der Waals surface area contributed by atoms with Crippen LogP contribution in [0.25, 0.3) is 15.9 Å². The van der Waals surface area contributed by atoms with Crippen molar-refractivity contribution in [1.82, 2.24) is 9.55 Å². The van der Waals surface area contributed by atoms with E-state index in [9.17, 15) is 4.79 Å². The van der Waals surface area contributed by atoms with Crippen LogP contribution in [0.3, 0.4) is 0 Å². The molecular formula is C21H26N3O2S2+. The quantitative estimate of drug-likeness (QED) is 0.495. The molecule has 0 radical (unpaired) electrons. The van der Waals surface area contributed by atoms with Crippen LogP contribution in [-0.4, -0.2) is 47.6 Å². The van der Waals surface area contributed by atoms with Gasteiger partial charge in [-0.15, -0.1) is 11.3 Å². The van der Waals surface area contributed by atoms with Crippen LogP contribution >= 0.6 is 23.1 Å². The Morgan fingerprint density at radius 2 is 2.14 bits per heavy atom. The first-order valence-corrected chi connectivity index (χ1v) is 11.6. The molecule has 0 spiro atoms. The second-order valence-electron chi connectivity index (χ2n) is 7.62. The van der Waals surface area contributed by atoms with Gasteiger partial charge in [-0.2, -0.15) is 0 Å². The summed E-state index contributed by atoms with van der Waals surface area (Å²) in [5.74, 6) is 1.49. The first-order valence-electron chi connectivity index (χ1n) is 9.75. The van der Waals surface area contributed by atoms with Crippen molar-refractivity contribution in [3.05, 3.63) is 52.1 Å². The molecule has 4 rings (SSSR count). The van der Waals surface area contributed by atoms with E-state index in [1.165, 1.54) is 17.9 Å². The molecule has 3 aromatic rings. The number of para-hydroxylation sites is 1. The summed E-state index contributed by atoms with van der Waals surface area (Å²) in [6.45, 7) is 8.61. The first-order chi connectivity index (χ1) is 13.6. The van der Waals surface area contributed by atoms with E-state index in [1.54, 1.807) is 21.2 Å². The van der Waals surface area contributed by atoms with E-state index < -0.39 is 0 Å². The number of thiophene rings is 1. The van der Waals surface area contributed by atoms with Crippen molar-refractivity contribution >= 4 is 33.3 Å². The average molecular weight is 417 g/mol. The Labute approximate surface area is 173 Å². The molecule has 3 heterocycles. The molecule has 0 bridgehead atoms. The van der Waals surface area contributed by atoms with Gasteiger partial charge < -0.3 is 9.64 Å². The van der Waals surface area contributed by atoms with E-state index >= 15 is 0 Å². The Balaban J connectivity index is 1.59. The molecule has 1 aliphatic rings. The molecule has 1 aliphatic heterocycles. The molecule has 1 saturated heterocycles. The Morgan fingerprint density at radius 3 is 2.93 bits per heavy atom. The van der Waals surface area contributed by atoms with Crippen LogP contribution in [0.5, 0.6) is 0 Å². The van der Waals surface area contributed by atoms with Crippen molar-refractivity contribution in [2.24, 2.45) is 5.92 Å². The summed E-state index contributed by atoms with van der Waals surface area (Å²) in [7, 11) is 0. The maximum Gasteiger partial charge on any atom is 0.267 e. The number of nitrogens with one attached hydrogen (secondary N) is 1. The summed E-state index contributed by atoms with van der Waals surface area (Å²) in [5, 5.41) is 3.35. The van der Waals surface area contributed by atoms with Gasteiger partial charge in [0.05, 0.1) is 24.2 Å². The fourth-order valence-corrected chi connectivity index (χ4v) is 5.52. The van der Waals surface area contributed by atoms with Crippen molar-refractivity contribution in [1.29, 1.82) is 0 Å². The van der Waals surface area contributed by atoms with Gasteiger partial charge in [-0.05, 0) is 23.6 Å². The monoisotopic (exact) mass is 416 g/mol. The third kappa shape index (κ3) is 4.33. The lowest BCUT2D eigenvalue weighted by atomic mass is 10.2. The van der Waals surface area contributed by atoms with Gasteiger partial charge in [0.15, 0.2) is 5.16 Å². The molecule has 1 fully saturated rings. The number of hydrogen-bond acceptors (Lipinski definition) is 5. The Kier molecular flexibility index (Phi) is 6.16. The summed E-state index contributed by atoms with van der Waals surface area (Å²) in [5.41, 5.74) is 0.851. The van der Waals surface area contributed by atoms with Crippen molar-refractivity contribution in [2.75, 3.05) is 32.0 Å². The number of nitrogens with zero attached hydrogens (tertiary/aromatic N) is 2. The largest absolute Gasteiger partial charge is 0.366 e. The predicted molar refractivity (Wildman–Crippen MR) is 116 cm³/mol. The van der Waals surface area contributed by atoms with Crippen molar-refractivity contribution in [3.8, 4) is 5.69 Å². The van der Waals surface area contributed by atoms with E-state index in [4.69, 9.17) is 9.72 Å². The van der Waals surface area contributed by atoms with E-state index in [-0.39, 0.29) is 11.7 Å². The van der Waals surface area contributed by atoms with Crippen LogP contribution in [0.15, 0.2) is 51.7 Å². The molecule has 148 valence electrons. The Hall–Kier alpha value is -1.67. The SMILES string of the molecule is CC(C)C[NH+]1CCO[C@@H](CSc2nc3sccc3c(=O)n2-c2ccccc2)C1. The lowest BCUT2D eigenvalue weighted by Crippen LogP contribution is -3.15. The fourth-order valence-electron chi connectivity index (χ4n) is 3.69. The van der Waals surface area contributed by atoms with Crippen LogP contribution in [0.2, 0.25) is 0 Å². The summed E-state index contributed by atoms with van der Waals surface area (Å²) in [6.07, 6.45) is 0.188. The molecule has 1 unspecified atom stereocenters. The number of quaternary nitrogens is 1. The van der Waals surface area contributed by atoms with Gasteiger partial charge in [-0.25, -0.2) is 4.98 Å². The first kappa shape index (κ1) is 19.6. The minimum Gasteiger partial charge on any atom is -0.366 e. The zero-order valence-electron chi connectivity index (χ0n) is 16.3.